The Morgan fingerprint density at radius 2 is 1.48 bits per heavy atom. The molecule has 1 rings (SSSR count). The van der Waals surface area contributed by atoms with E-state index in [1.807, 2.05) is 0 Å². The van der Waals surface area contributed by atoms with E-state index in [0.717, 1.165) is 12.4 Å². The number of imidazole rings is 1. The van der Waals surface area contributed by atoms with Crippen LogP contribution >= 0.6 is 11.8 Å². The van der Waals surface area contributed by atoms with E-state index in [9.17, 15) is 0 Å². The summed E-state index contributed by atoms with van der Waals surface area (Å²) in [6.07, 6.45) is 20.8. The number of hydrogen-bond donors (Lipinski definition) is 0. The quantitative estimate of drug-likeness (QED) is 0.330. The Bertz CT molecular complexity index is 336. The summed E-state index contributed by atoms with van der Waals surface area (Å²) in [5.74, 6) is 2.41. The number of nitrogens with zero attached hydrogens (tertiary/aromatic N) is 2. The Morgan fingerprint density at radius 1 is 0.857 bits per heavy atom. The summed E-state index contributed by atoms with van der Waals surface area (Å²) in [5, 5.41) is 0. The molecule has 0 N–H and O–H groups in total. The van der Waals surface area contributed by atoms with Gasteiger partial charge in [-0.3, -0.25) is 0 Å². The lowest BCUT2D eigenvalue weighted by Crippen LogP contribution is -2.29. The smallest absolute Gasteiger partial charge is 0.237 e. The zero-order valence-corrected chi connectivity index (χ0v) is 15.0. The summed E-state index contributed by atoms with van der Waals surface area (Å²) >= 11 is 2.06. The van der Waals surface area contributed by atoms with Crippen molar-refractivity contribution in [1.29, 1.82) is 0 Å². The SMILES string of the molecule is CCCCCCCCCCCCSC[n+]1ccn(CC)c1. The first-order valence-electron chi connectivity index (χ1n) is 8.99. The van der Waals surface area contributed by atoms with Crippen molar-refractivity contribution in [1.82, 2.24) is 4.57 Å². The fourth-order valence-corrected chi connectivity index (χ4v) is 3.46. The van der Waals surface area contributed by atoms with Crippen molar-refractivity contribution in [3.8, 4) is 0 Å². The molecule has 0 atom stereocenters. The number of hydrogen-bond acceptors (Lipinski definition) is 1. The molecule has 0 aliphatic rings. The molecule has 0 unspecified atom stereocenters. The third-order valence-corrected chi connectivity index (χ3v) is 5.05. The van der Waals surface area contributed by atoms with E-state index in [-0.39, 0.29) is 0 Å². The van der Waals surface area contributed by atoms with Gasteiger partial charge in [0, 0.05) is 0 Å². The van der Waals surface area contributed by atoms with Gasteiger partial charge in [0.1, 0.15) is 18.3 Å². The van der Waals surface area contributed by atoms with Crippen LogP contribution in [0.4, 0.5) is 0 Å². The van der Waals surface area contributed by atoms with Crippen LogP contribution in [0.5, 0.6) is 0 Å². The molecular weight excluding hydrogens is 276 g/mol. The lowest BCUT2D eigenvalue weighted by molar-refractivity contribution is -0.675. The average Bonchev–Trinajstić information content (AvgIpc) is 2.96. The van der Waals surface area contributed by atoms with E-state index in [2.05, 4.69) is 53.5 Å². The number of thioether (sulfide) groups is 1. The molecule has 0 aromatic carbocycles. The van der Waals surface area contributed by atoms with Crippen molar-refractivity contribution in [2.24, 2.45) is 0 Å². The van der Waals surface area contributed by atoms with Crippen LogP contribution in [-0.2, 0) is 12.4 Å². The molecule has 1 heterocycles. The average molecular weight is 312 g/mol. The Balaban J connectivity index is 1.80. The van der Waals surface area contributed by atoms with Crippen LogP contribution in [0.2, 0.25) is 0 Å². The largest absolute Gasteiger partial charge is 0.244 e. The lowest BCUT2D eigenvalue weighted by Gasteiger charge is -2.02. The molecular formula is C18H35N2S+. The summed E-state index contributed by atoms with van der Waals surface area (Å²) in [5.41, 5.74) is 0. The van der Waals surface area contributed by atoms with E-state index in [4.69, 9.17) is 0 Å². The summed E-state index contributed by atoms with van der Waals surface area (Å²) in [4.78, 5) is 0. The van der Waals surface area contributed by atoms with Crippen molar-refractivity contribution in [2.45, 2.75) is 90.5 Å². The molecule has 1 aromatic heterocycles. The maximum absolute atomic E-state index is 2.29. The van der Waals surface area contributed by atoms with Crippen molar-refractivity contribution >= 4 is 11.8 Å². The first-order chi connectivity index (χ1) is 10.4. The Morgan fingerprint density at radius 3 is 2.05 bits per heavy atom. The first kappa shape index (κ1) is 18.6. The topological polar surface area (TPSA) is 8.81 Å². The molecule has 0 fully saturated rings. The summed E-state index contributed by atoms with van der Waals surface area (Å²) < 4.78 is 4.51. The first-order valence-corrected chi connectivity index (χ1v) is 10.1. The van der Waals surface area contributed by atoms with E-state index in [0.29, 0.717) is 0 Å². The molecule has 0 spiro atoms. The highest BCUT2D eigenvalue weighted by Crippen LogP contribution is 2.12. The van der Waals surface area contributed by atoms with E-state index in [1.54, 1.807) is 0 Å². The zero-order chi connectivity index (χ0) is 15.2. The van der Waals surface area contributed by atoms with Gasteiger partial charge in [-0.2, -0.15) is 0 Å². The molecule has 3 heteroatoms. The van der Waals surface area contributed by atoms with Gasteiger partial charge in [0.25, 0.3) is 0 Å². The molecule has 122 valence electrons. The molecule has 0 radical (unpaired) electrons. The van der Waals surface area contributed by atoms with E-state index >= 15 is 0 Å². The second-order valence-electron chi connectivity index (χ2n) is 5.98. The number of unbranched alkanes of at least 4 members (excludes halogenated alkanes) is 9. The Labute approximate surface area is 136 Å². The predicted octanol–water partition coefficient (Wildman–Crippen LogP) is 5.41. The third kappa shape index (κ3) is 10.00. The number of aromatic nitrogens is 2. The van der Waals surface area contributed by atoms with Crippen LogP contribution in [0.25, 0.3) is 0 Å². The maximum atomic E-state index is 2.29. The summed E-state index contributed by atoms with van der Waals surface area (Å²) in [6, 6.07) is 0. The van der Waals surface area contributed by atoms with Gasteiger partial charge in [-0.05, 0) is 19.1 Å². The van der Waals surface area contributed by atoms with Gasteiger partial charge in [0.2, 0.25) is 6.33 Å². The fraction of sp³-hybridized carbons (Fsp3) is 0.833. The molecule has 0 amide bonds. The zero-order valence-electron chi connectivity index (χ0n) is 14.2. The van der Waals surface area contributed by atoms with Gasteiger partial charge in [-0.1, -0.05) is 64.7 Å². The fourth-order valence-electron chi connectivity index (χ4n) is 2.56. The minimum Gasteiger partial charge on any atom is -0.237 e. The second kappa shape index (κ2) is 13.2. The van der Waals surface area contributed by atoms with E-state index < -0.39 is 0 Å². The monoisotopic (exact) mass is 311 g/mol. The minimum absolute atomic E-state index is 1.07. The molecule has 1 aromatic rings. The molecule has 0 aliphatic carbocycles. The molecule has 2 nitrogen and oxygen atoms in total. The maximum Gasteiger partial charge on any atom is 0.244 e. The van der Waals surface area contributed by atoms with Crippen LogP contribution in [0.3, 0.4) is 0 Å². The summed E-state index contributed by atoms with van der Waals surface area (Å²) in [7, 11) is 0. The van der Waals surface area contributed by atoms with Gasteiger partial charge in [-0.25, -0.2) is 9.13 Å². The number of rotatable bonds is 14. The van der Waals surface area contributed by atoms with Crippen LogP contribution in [0, 0.1) is 0 Å². The molecule has 0 bridgehead atoms. The molecule has 0 aliphatic heterocycles. The lowest BCUT2D eigenvalue weighted by atomic mass is 10.1. The van der Waals surface area contributed by atoms with Crippen molar-refractivity contribution in [3.63, 3.8) is 0 Å². The third-order valence-electron chi connectivity index (χ3n) is 3.99. The Hall–Kier alpha value is -0.440. The highest BCUT2D eigenvalue weighted by molar-refractivity contribution is 7.98. The van der Waals surface area contributed by atoms with Crippen molar-refractivity contribution in [3.05, 3.63) is 18.7 Å². The van der Waals surface area contributed by atoms with E-state index in [1.165, 1.54) is 70.0 Å². The van der Waals surface area contributed by atoms with Crippen LogP contribution in [-0.4, -0.2) is 10.3 Å². The molecule has 0 saturated carbocycles. The van der Waals surface area contributed by atoms with Crippen LogP contribution in [0.1, 0.15) is 78.1 Å². The van der Waals surface area contributed by atoms with Gasteiger partial charge in [-0.15, -0.1) is 11.8 Å². The second-order valence-corrected chi connectivity index (χ2v) is 7.05. The highest BCUT2D eigenvalue weighted by atomic mass is 32.2. The molecule has 0 saturated heterocycles. The standard InChI is InChI=1S/C18H35N2S/c1-3-5-6-7-8-9-10-11-12-13-16-21-18-20-15-14-19(4-2)17-20/h14-15,17H,3-13,16,18H2,1-2H3/q+1. The normalized spacial score (nSPS) is 11.1. The van der Waals surface area contributed by atoms with Gasteiger partial charge in [0.05, 0.1) is 6.54 Å². The number of aryl methyl sites for hydroxylation is 1. The van der Waals surface area contributed by atoms with Crippen LogP contribution in [0.15, 0.2) is 18.7 Å². The van der Waals surface area contributed by atoms with Crippen LogP contribution < -0.4 is 4.57 Å². The Kier molecular flexibility index (Phi) is 11.7. The van der Waals surface area contributed by atoms with Gasteiger partial charge >= 0.3 is 0 Å². The van der Waals surface area contributed by atoms with Crippen molar-refractivity contribution < 1.29 is 4.57 Å². The molecule has 21 heavy (non-hydrogen) atoms. The van der Waals surface area contributed by atoms with Crippen molar-refractivity contribution in [2.75, 3.05) is 5.75 Å². The predicted molar refractivity (Wildman–Crippen MR) is 94.6 cm³/mol. The minimum atomic E-state index is 1.07. The summed E-state index contributed by atoms with van der Waals surface area (Å²) in [6.45, 7) is 5.53. The highest BCUT2D eigenvalue weighted by Gasteiger charge is 2.01. The van der Waals surface area contributed by atoms with Gasteiger partial charge in [0.15, 0.2) is 0 Å². The van der Waals surface area contributed by atoms with Gasteiger partial charge < -0.3 is 0 Å².